The summed E-state index contributed by atoms with van der Waals surface area (Å²) in [5.74, 6) is -0.395. The number of rotatable bonds is 4. The second-order valence-corrected chi connectivity index (χ2v) is 7.74. The molecule has 4 nitrogen and oxygen atoms in total. The Morgan fingerprint density at radius 2 is 1.41 bits per heavy atom. The van der Waals surface area contributed by atoms with Crippen LogP contribution in [-0.2, 0) is 9.47 Å². The number of methoxy groups -OCH3 is 2. The SMILES string of the molecule is COC(=O)c1ccc(C)c(-c2c(C)ccc(C(=O)OC)c2C2CCC2)c1Br. The maximum absolute atomic E-state index is 12.5. The summed E-state index contributed by atoms with van der Waals surface area (Å²) in [6.45, 7) is 4.05. The van der Waals surface area contributed by atoms with Gasteiger partial charge in [0.1, 0.15) is 0 Å². The van der Waals surface area contributed by atoms with Gasteiger partial charge in [-0.2, -0.15) is 0 Å². The number of aryl methyl sites for hydroxylation is 2. The molecule has 0 aliphatic heterocycles. The van der Waals surface area contributed by atoms with Crippen LogP contribution in [0.5, 0.6) is 0 Å². The quantitative estimate of drug-likeness (QED) is 0.594. The van der Waals surface area contributed by atoms with Crippen LogP contribution in [0.3, 0.4) is 0 Å². The summed E-state index contributed by atoms with van der Waals surface area (Å²) in [5, 5.41) is 0. The maximum Gasteiger partial charge on any atom is 0.339 e. The third kappa shape index (κ3) is 3.41. The monoisotopic (exact) mass is 430 g/mol. The zero-order chi connectivity index (χ0) is 19.7. The van der Waals surface area contributed by atoms with Gasteiger partial charge in [0, 0.05) is 10.0 Å². The molecule has 1 saturated carbocycles. The zero-order valence-electron chi connectivity index (χ0n) is 16.0. The minimum atomic E-state index is -0.393. The molecule has 0 atom stereocenters. The van der Waals surface area contributed by atoms with E-state index in [0.29, 0.717) is 21.5 Å². The molecule has 2 aromatic rings. The molecular weight excluding hydrogens is 408 g/mol. The fraction of sp³-hybridized carbons (Fsp3) is 0.364. The number of hydrogen-bond donors (Lipinski definition) is 0. The molecule has 5 heteroatoms. The third-order valence-corrected chi connectivity index (χ3v) is 6.20. The molecule has 0 bridgehead atoms. The van der Waals surface area contributed by atoms with Crippen molar-refractivity contribution in [2.45, 2.75) is 39.0 Å². The van der Waals surface area contributed by atoms with Crippen molar-refractivity contribution in [3.8, 4) is 11.1 Å². The topological polar surface area (TPSA) is 52.6 Å². The predicted molar refractivity (Wildman–Crippen MR) is 108 cm³/mol. The van der Waals surface area contributed by atoms with E-state index in [4.69, 9.17) is 9.47 Å². The van der Waals surface area contributed by atoms with Gasteiger partial charge in [-0.05, 0) is 82.9 Å². The summed E-state index contributed by atoms with van der Waals surface area (Å²) in [7, 11) is 2.78. The van der Waals surface area contributed by atoms with Crippen LogP contribution >= 0.6 is 15.9 Å². The average molecular weight is 431 g/mol. The molecule has 0 unspecified atom stereocenters. The lowest BCUT2D eigenvalue weighted by Crippen LogP contribution is -2.17. The first-order valence-corrected chi connectivity index (χ1v) is 9.79. The van der Waals surface area contributed by atoms with Gasteiger partial charge in [0.15, 0.2) is 0 Å². The average Bonchev–Trinajstić information content (AvgIpc) is 2.61. The molecule has 0 saturated heterocycles. The molecule has 2 aromatic carbocycles. The molecule has 0 N–H and O–H groups in total. The van der Waals surface area contributed by atoms with Gasteiger partial charge in [-0.15, -0.1) is 0 Å². The summed E-state index contributed by atoms with van der Waals surface area (Å²) in [4.78, 5) is 24.7. The molecule has 0 amide bonds. The first kappa shape index (κ1) is 19.6. The van der Waals surface area contributed by atoms with Crippen molar-refractivity contribution >= 4 is 27.9 Å². The minimum Gasteiger partial charge on any atom is -0.465 e. The predicted octanol–water partition coefficient (Wildman–Crippen LogP) is 5.57. The van der Waals surface area contributed by atoms with Gasteiger partial charge < -0.3 is 9.47 Å². The fourth-order valence-electron chi connectivity index (χ4n) is 3.72. The zero-order valence-corrected chi connectivity index (χ0v) is 17.6. The van der Waals surface area contributed by atoms with Gasteiger partial charge >= 0.3 is 11.9 Å². The van der Waals surface area contributed by atoms with Crippen LogP contribution in [0.4, 0.5) is 0 Å². The lowest BCUT2D eigenvalue weighted by atomic mass is 9.73. The number of ether oxygens (including phenoxy) is 2. The van der Waals surface area contributed by atoms with Crippen LogP contribution in [-0.4, -0.2) is 26.2 Å². The van der Waals surface area contributed by atoms with E-state index < -0.39 is 5.97 Å². The Morgan fingerprint density at radius 3 is 1.93 bits per heavy atom. The standard InChI is InChI=1S/C22H23BrO4/c1-12-8-10-15(21(24)26-3)19(14-6-5-7-14)17(12)18-13(2)9-11-16(20(18)23)22(25)27-4/h8-11,14H,5-7H2,1-4H3. The lowest BCUT2D eigenvalue weighted by molar-refractivity contribution is 0.0589. The molecule has 0 aromatic heterocycles. The highest BCUT2D eigenvalue weighted by Gasteiger charge is 2.31. The van der Waals surface area contributed by atoms with Crippen LogP contribution in [0, 0.1) is 13.8 Å². The van der Waals surface area contributed by atoms with Crippen molar-refractivity contribution in [1.29, 1.82) is 0 Å². The Kier molecular flexibility index (Phi) is 5.70. The molecule has 27 heavy (non-hydrogen) atoms. The van der Waals surface area contributed by atoms with E-state index in [9.17, 15) is 9.59 Å². The van der Waals surface area contributed by atoms with Crippen LogP contribution in [0.1, 0.15) is 62.6 Å². The van der Waals surface area contributed by atoms with Crippen LogP contribution in [0.15, 0.2) is 28.7 Å². The Morgan fingerprint density at radius 1 is 0.889 bits per heavy atom. The number of benzene rings is 2. The Hall–Kier alpha value is -2.14. The largest absolute Gasteiger partial charge is 0.465 e. The van der Waals surface area contributed by atoms with Crippen LogP contribution in [0.25, 0.3) is 11.1 Å². The summed E-state index contributed by atoms with van der Waals surface area (Å²) in [6.07, 6.45) is 3.25. The molecule has 142 valence electrons. The first-order chi connectivity index (χ1) is 12.9. The maximum atomic E-state index is 12.5. The van der Waals surface area contributed by atoms with Gasteiger partial charge in [0.25, 0.3) is 0 Å². The molecule has 0 heterocycles. The van der Waals surface area contributed by atoms with Crippen molar-refractivity contribution in [2.24, 2.45) is 0 Å². The summed E-state index contributed by atoms with van der Waals surface area (Å²) >= 11 is 3.63. The van der Waals surface area contributed by atoms with Crippen molar-refractivity contribution in [3.63, 3.8) is 0 Å². The van der Waals surface area contributed by atoms with E-state index in [0.717, 1.165) is 47.1 Å². The van der Waals surface area contributed by atoms with E-state index in [2.05, 4.69) is 15.9 Å². The minimum absolute atomic E-state index is 0.321. The Bertz CT molecular complexity index is 913. The van der Waals surface area contributed by atoms with Crippen molar-refractivity contribution in [2.75, 3.05) is 14.2 Å². The Balaban J connectivity index is 2.35. The van der Waals surface area contributed by atoms with Gasteiger partial charge in [-0.3, -0.25) is 0 Å². The molecule has 1 fully saturated rings. The molecule has 0 radical (unpaired) electrons. The summed E-state index contributed by atoms with van der Waals surface area (Å²) < 4.78 is 10.7. The number of hydrogen-bond acceptors (Lipinski definition) is 4. The van der Waals surface area contributed by atoms with Gasteiger partial charge in [0.2, 0.25) is 0 Å². The highest BCUT2D eigenvalue weighted by atomic mass is 79.9. The van der Waals surface area contributed by atoms with E-state index in [-0.39, 0.29) is 5.97 Å². The van der Waals surface area contributed by atoms with Gasteiger partial charge in [-0.1, -0.05) is 18.6 Å². The number of carbonyl (C=O) groups is 2. The van der Waals surface area contributed by atoms with Crippen molar-refractivity contribution < 1.29 is 19.1 Å². The molecule has 1 aliphatic rings. The van der Waals surface area contributed by atoms with Crippen LogP contribution in [0.2, 0.25) is 0 Å². The molecular formula is C22H23BrO4. The van der Waals surface area contributed by atoms with Crippen LogP contribution < -0.4 is 0 Å². The van der Waals surface area contributed by atoms with Gasteiger partial charge in [0.05, 0.1) is 25.3 Å². The molecule has 0 spiro atoms. The Labute approximate surface area is 168 Å². The first-order valence-electron chi connectivity index (χ1n) is 9.00. The van der Waals surface area contributed by atoms with E-state index in [1.165, 1.54) is 14.2 Å². The smallest absolute Gasteiger partial charge is 0.339 e. The second-order valence-electron chi connectivity index (χ2n) is 6.95. The highest BCUT2D eigenvalue weighted by Crippen LogP contribution is 2.47. The van der Waals surface area contributed by atoms with Crippen molar-refractivity contribution in [3.05, 3.63) is 56.6 Å². The third-order valence-electron chi connectivity index (χ3n) is 5.38. The van der Waals surface area contributed by atoms with E-state index in [1.807, 2.05) is 32.0 Å². The van der Waals surface area contributed by atoms with E-state index in [1.54, 1.807) is 6.07 Å². The van der Waals surface area contributed by atoms with Crippen molar-refractivity contribution in [1.82, 2.24) is 0 Å². The summed E-state index contributed by atoms with van der Waals surface area (Å²) in [5.41, 5.74) is 6.15. The lowest BCUT2D eigenvalue weighted by Gasteiger charge is -2.31. The number of esters is 2. The summed E-state index contributed by atoms with van der Waals surface area (Å²) in [6, 6.07) is 7.48. The number of halogens is 1. The number of carbonyl (C=O) groups excluding carboxylic acids is 2. The highest BCUT2D eigenvalue weighted by molar-refractivity contribution is 9.10. The van der Waals surface area contributed by atoms with E-state index >= 15 is 0 Å². The second kappa shape index (κ2) is 7.85. The van der Waals surface area contributed by atoms with Gasteiger partial charge in [-0.25, -0.2) is 9.59 Å². The molecule has 1 aliphatic carbocycles. The molecule has 3 rings (SSSR count). The normalized spacial score (nSPS) is 13.8. The fourth-order valence-corrected chi connectivity index (χ4v) is 4.52.